The lowest BCUT2D eigenvalue weighted by Crippen LogP contribution is -2.17. The molecule has 0 unspecified atom stereocenters. The van der Waals surface area contributed by atoms with Crippen LogP contribution in [-0.2, 0) is 5.41 Å². The number of nitrogens with zero attached hydrogens (tertiary/aromatic N) is 2. The molecule has 1 aromatic heterocycles. The van der Waals surface area contributed by atoms with Gasteiger partial charge in [0.15, 0.2) is 0 Å². The van der Waals surface area contributed by atoms with Crippen LogP contribution in [0.15, 0.2) is 18.2 Å². The third kappa shape index (κ3) is 1.71. The maximum atomic E-state index is 13.5. The highest BCUT2D eigenvalue weighted by molar-refractivity contribution is 5.88. The van der Waals surface area contributed by atoms with E-state index in [9.17, 15) is 4.39 Å². The maximum absolute atomic E-state index is 13.5. The predicted molar refractivity (Wildman–Crippen MR) is 62.6 cm³/mol. The van der Waals surface area contributed by atoms with Crippen molar-refractivity contribution in [1.82, 2.24) is 9.97 Å². The molecule has 0 spiro atoms. The lowest BCUT2D eigenvalue weighted by Gasteiger charge is -2.17. The van der Waals surface area contributed by atoms with Gasteiger partial charge in [-0.15, -0.1) is 0 Å². The molecule has 84 valence electrons. The Hall–Kier alpha value is -1.71. The van der Waals surface area contributed by atoms with Crippen molar-refractivity contribution in [2.75, 3.05) is 5.73 Å². The van der Waals surface area contributed by atoms with E-state index in [1.165, 1.54) is 6.07 Å². The Balaban J connectivity index is 2.79. The van der Waals surface area contributed by atoms with E-state index in [-0.39, 0.29) is 17.1 Å². The molecule has 2 N–H and O–H groups in total. The molecule has 0 saturated heterocycles. The van der Waals surface area contributed by atoms with Crippen LogP contribution in [0, 0.1) is 5.82 Å². The number of benzene rings is 1. The first-order valence-corrected chi connectivity index (χ1v) is 5.12. The summed E-state index contributed by atoms with van der Waals surface area (Å²) in [6.07, 6.45) is 0. The first-order chi connectivity index (χ1) is 7.39. The van der Waals surface area contributed by atoms with Crippen LogP contribution in [0.1, 0.15) is 26.6 Å². The van der Waals surface area contributed by atoms with Crippen molar-refractivity contribution in [3.05, 3.63) is 29.8 Å². The number of anilines is 1. The summed E-state index contributed by atoms with van der Waals surface area (Å²) in [6.45, 7) is 5.98. The Labute approximate surface area is 93.5 Å². The molecule has 1 aromatic carbocycles. The quantitative estimate of drug-likeness (QED) is 0.741. The Morgan fingerprint density at radius 3 is 2.50 bits per heavy atom. The van der Waals surface area contributed by atoms with Crippen LogP contribution in [0.5, 0.6) is 0 Å². The third-order valence-electron chi connectivity index (χ3n) is 2.37. The fourth-order valence-corrected chi connectivity index (χ4v) is 1.50. The summed E-state index contributed by atoms with van der Waals surface area (Å²) in [5.74, 6) is 0.451. The second kappa shape index (κ2) is 3.40. The number of aromatic nitrogens is 2. The maximum Gasteiger partial charge on any atom is 0.138 e. The van der Waals surface area contributed by atoms with Gasteiger partial charge < -0.3 is 5.73 Å². The summed E-state index contributed by atoms with van der Waals surface area (Å²) in [6, 6.07) is 4.72. The van der Waals surface area contributed by atoms with Gasteiger partial charge in [-0.05, 0) is 12.1 Å². The molecule has 1 heterocycles. The first kappa shape index (κ1) is 10.8. The molecule has 0 amide bonds. The van der Waals surface area contributed by atoms with Crippen molar-refractivity contribution < 1.29 is 4.39 Å². The zero-order chi connectivity index (χ0) is 11.9. The highest BCUT2D eigenvalue weighted by Crippen LogP contribution is 2.25. The molecule has 0 saturated carbocycles. The molecular weight excluding hydrogens is 205 g/mol. The number of rotatable bonds is 0. The molecular formula is C12H14FN3. The highest BCUT2D eigenvalue weighted by atomic mass is 19.1. The van der Waals surface area contributed by atoms with Crippen molar-refractivity contribution in [2.24, 2.45) is 0 Å². The van der Waals surface area contributed by atoms with E-state index in [0.29, 0.717) is 16.7 Å². The molecule has 0 aliphatic carbocycles. The van der Waals surface area contributed by atoms with Gasteiger partial charge in [-0.3, -0.25) is 0 Å². The van der Waals surface area contributed by atoms with E-state index >= 15 is 0 Å². The number of hydrogen-bond acceptors (Lipinski definition) is 3. The fraction of sp³-hybridized carbons (Fsp3) is 0.333. The van der Waals surface area contributed by atoms with Crippen LogP contribution in [0.25, 0.3) is 10.9 Å². The molecule has 0 aliphatic heterocycles. The minimum absolute atomic E-state index is 0.200. The van der Waals surface area contributed by atoms with E-state index in [1.54, 1.807) is 12.1 Å². The highest BCUT2D eigenvalue weighted by Gasteiger charge is 2.19. The molecule has 0 radical (unpaired) electrons. The van der Waals surface area contributed by atoms with Crippen molar-refractivity contribution in [1.29, 1.82) is 0 Å². The molecule has 0 aliphatic rings. The van der Waals surface area contributed by atoms with Gasteiger partial charge in [0.05, 0.1) is 10.9 Å². The standard InChI is InChI=1S/C12H14FN3/c1-12(2,3)11-15-8-6-4-5-7(13)9(8)10(14)16-11/h4-6H,1-3H3,(H2,14,15,16). The molecule has 2 rings (SSSR count). The van der Waals surface area contributed by atoms with Crippen LogP contribution in [0.4, 0.5) is 10.2 Å². The minimum atomic E-state index is -0.379. The molecule has 16 heavy (non-hydrogen) atoms. The van der Waals surface area contributed by atoms with Crippen LogP contribution < -0.4 is 5.73 Å². The number of fused-ring (bicyclic) bond motifs is 1. The van der Waals surface area contributed by atoms with Crippen molar-refractivity contribution >= 4 is 16.7 Å². The second-order valence-electron chi connectivity index (χ2n) is 4.82. The second-order valence-corrected chi connectivity index (χ2v) is 4.82. The lowest BCUT2D eigenvalue weighted by atomic mass is 9.95. The molecule has 0 fully saturated rings. The van der Waals surface area contributed by atoms with E-state index in [1.807, 2.05) is 20.8 Å². The lowest BCUT2D eigenvalue weighted by molar-refractivity contribution is 0.548. The Bertz CT molecular complexity index is 544. The normalized spacial score (nSPS) is 12.0. The monoisotopic (exact) mass is 219 g/mol. The van der Waals surface area contributed by atoms with E-state index in [4.69, 9.17) is 5.73 Å². The molecule has 0 bridgehead atoms. The Morgan fingerprint density at radius 2 is 1.88 bits per heavy atom. The largest absolute Gasteiger partial charge is 0.383 e. The van der Waals surface area contributed by atoms with Gasteiger partial charge in [0.25, 0.3) is 0 Å². The molecule has 0 atom stereocenters. The summed E-state index contributed by atoms with van der Waals surface area (Å²) < 4.78 is 13.5. The smallest absolute Gasteiger partial charge is 0.138 e. The number of halogens is 1. The average Bonchev–Trinajstić information content (AvgIpc) is 2.15. The van der Waals surface area contributed by atoms with Gasteiger partial charge in [0.2, 0.25) is 0 Å². The number of nitrogen functional groups attached to an aromatic ring is 1. The number of nitrogens with two attached hydrogens (primary N) is 1. The van der Waals surface area contributed by atoms with E-state index in [2.05, 4.69) is 9.97 Å². The Kier molecular flexibility index (Phi) is 2.30. The van der Waals surface area contributed by atoms with Gasteiger partial charge in [0, 0.05) is 5.41 Å². The van der Waals surface area contributed by atoms with Crippen molar-refractivity contribution in [3.63, 3.8) is 0 Å². The van der Waals surface area contributed by atoms with Crippen molar-refractivity contribution in [2.45, 2.75) is 26.2 Å². The van der Waals surface area contributed by atoms with E-state index in [0.717, 1.165) is 0 Å². The SMILES string of the molecule is CC(C)(C)c1nc(N)c2c(F)cccc2n1. The van der Waals surface area contributed by atoms with Gasteiger partial charge in [0.1, 0.15) is 17.5 Å². The van der Waals surface area contributed by atoms with Gasteiger partial charge >= 0.3 is 0 Å². The third-order valence-corrected chi connectivity index (χ3v) is 2.37. The molecule has 2 aromatic rings. The van der Waals surface area contributed by atoms with Gasteiger partial charge in [-0.25, -0.2) is 14.4 Å². The van der Waals surface area contributed by atoms with Gasteiger partial charge in [-0.2, -0.15) is 0 Å². The zero-order valence-corrected chi connectivity index (χ0v) is 9.58. The summed E-state index contributed by atoms with van der Waals surface area (Å²) in [5.41, 5.74) is 6.12. The molecule has 3 nitrogen and oxygen atoms in total. The van der Waals surface area contributed by atoms with Crippen LogP contribution in [-0.4, -0.2) is 9.97 Å². The van der Waals surface area contributed by atoms with Crippen LogP contribution in [0.3, 0.4) is 0 Å². The van der Waals surface area contributed by atoms with E-state index < -0.39 is 0 Å². The summed E-state index contributed by atoms with van der Waals surface area (Å²) in [5, 5.41) is 0.301. The molecule has 4 heteroatoms. The van der Waals surface area contributed by atoms with Crippen LogP contribution in [0.2, 0.25) is 0 Å². The van der Waals surface area contributed by atoms with Crippen molar-refractivity contribution in [3.8, 4) is 0 Å². The zero-order valence-electron chi connectivity index (χ0n) is 9.58. The number of hydrogen-bond donors (Lipinski definition) is 1. The predicted octanol–water partition coefficient (Wildman–Crippen LogP) is 2.65. The minimum Gasteiger partial charge on any atom is -0.383 e. The topological polar surface area (TPSA) is 51.8 Å². The first-order valence-electron chi connectivity index (χ1n) is 5.12. The summed E-state index contributed by atoms with van der Waals surface area (Å²) >= 11 is 0. The average molecular weight is 219 g/mol. The fourth-order valence-electron chi connectivity index (χ4n) is 1.50. The van der Waals surface area contributed by atoms with Gasteiger partial charge in [-0.1, -0.05) is 26.8 Å². The Morgan fingerprint density at radius 1 is 1.19 bits per heavy atom. The summed E-state index contributed by atoms with van der Waals surface area (Å²) in [7, 11) is 0. The van der Waals surface area contributed by atoms with Crippen LogP contribution >= 0.6 is 0 Å². The summed E-state index contributed by atoms with van der Waals surface area (Å²) in [4.78, 5) is 8.50.